The number of imidazole rings is 1. The fraction of sp³-hybridized carbons (Fsp3) is 0.350. The van der Waals surface area contributed by atoms with Gasteiger partial charge in [-0.15, -0.1) is 0 Å². The number of hydrogen-bond donors (Lipinski definition) is 1. The Morgan fingerprint density at radius 3 is 2.62 bits per heavy atom. The third-order valence-electron chi connectivity index (χ3n) is 4.22. The van der Waals surface area contributed by atoms with Gasteiger partial charge in [-0.1, -0.05) is 43.2 Å². The van der Waals surface area contributed by atoms with Gasteiger partial charge in [-0.25, -0.2) is 4.98 Å². The van der Waals surface area contributed by atoms with Gasteiger partial charge in [-0.05, 0) is 37.6 Å². The van der Waals surface area contributed by atoms with Gasteiger partial charge in [0, 0.05) is 0 Å². The molecule has 1 atom stereocenters. The zero-order chi connectivity index (χ0) is 16.9. The Morgan fingerprint density at radius 2 is 1.88 bits per heavy atom. The van der Waals surface area contributed by atoms with E-state index in [1.54, 1.807) is 0 Å². The summed E-state index contributed by atoms with van der Waals surface area (Å²) in [7, 11) is 0. The first kappa shape index (κ1) is 16.5. The maximum atomic E-state index is 6.35. The number of fused-ring (bicyclic) bond motifs is 1. The Morgan fingerprint density at radius 1 is 1.12 bits per heavy atom. The molecule has 0 spiro atoms. The van der Waals surface area contributed by atoms with Crippen LogP contribution in [0.1, 0.15) is 37.2 Å². The number of hydrogen-bond acceptors (Lipinski definition) is 3. The maximum absolute atomic E-state index is 6.35. The SMILES string of the molecule is CCCC(N)c1nc2ccccc2n1CCOc1ccc(C)cc1. The van der Waals surface area contributed by atoms with Crippen molar-refractivity contribution in [1.29, 1.82) is 0 Å². The van der Waals surface area contributed by atoms with Crippen molar-refractivity contribution in [2.24, 2.45) is 5.73 Å². The smallest absolute Gasteiger partial charge is 0.126 e. The van der Waals surface area contributed by atoms with E-state index in [0.717, 1.165) is 42.0 Å². The van der Waals surface area contributed by atoms with Gasteiger partial charge < -0.3 is 15.0 Å². The Bertz CT molecular complexity index is 792. The van der Waals surface area contributed by atoms with Gasteiger partial charge in [-0.3, -0.25) is 0 Å². The molecule has 1 unspecified atom stereocenters. The van der Waals surface area contributed by atoms with Crippen molar-refractivity contribution in [3.8, 4) is 5.75 Å². The second-order valence-electron chi connectivity index (χ2n) is 6.17. The topological polar surface area (TPSA) is 53.1 Å². The van der Waals surface area contributed by atoms with Crippen molar-refractivity contribution >= 4 is 11.0 Å². The van der Waals surface area contributed by atoms with Crippen LogP contribution in [0.3, 0.4) is 0 Å². The molecular formula is C20H25N3O. The summed E-state index contributed by atoms with van der Waals surface area (Å²) in [5.74, 6) is 1.84. The van der Waals surface area contributed by atoms with E-state index in [9.17, 15) is 0 Å². The molecule has 3 rings (SSSR count). The van der Waals surface area contributed by atoms with Gasteiger partial charge >= 0.3 is 0 Å². The molecule has 0 aliphatic heterocycles. The van der Waals surface area contributed by atoms with Crippen molar-refractivity contribution in [2.45, 2.75) is 39.3 Å². The fourth-order valence-corrected chi connectivity index (χ4v) is 2.94. The number of aryl methyl sites for hydroxylation is 1. The average molecular weight is 323 g/mol. The monoisotopic (exact) mass is 323 g/mol. The molecule has 4 heteroatoms. The van der Waals surface area contributed by atoms with E-state index in [-0.39, 0.29) is 6.04 Å². The lowest BCUT2D eigenvalue weighted by Crippen LogP contribution is -2.19. The first-order valence-corrected chi connectivity index (χ1v) is 8.59. The van der Waals surface area contributed by atoms with Crippen LogP contribution in [0.15, 0.2) is 48.5 Å². The summed E-state index contributed by atoms with van der Waals surface area (Å²) in [5.41, 5.74) is 9.69. The summed E-state index contributed by atoms with van der Waals surface area (Å²) in [4.78, 5) is 4.75. The van der Waals surface area contributed by atoms with Gasteiger partial charge in [-0.2, -0.15) is 0 Å². The number of para-hydroxylation sites is 2. The Labute approximate surface area is 143 Å². The van der Waals surface area contributed by atoms with Gasteiger partial charge in [0.15, 0.2) is 0 Å². The van der Waals surface area contributed by atoms with Crippen LogP contribution in [0.5, 0.6) is 5.75 Å². The molecule has 0 saturated heterocycles. The molecule has 0 aliphatic carbocycles. The number of nitrogens with two attached hydrogens (primary N) is 1. The fourth-order valence-electron chi connectivity index (χ4n) is 2.94. The molecule has 0 bridgehead atoms. The van der Waals surface area contributed by atoms with Gasteiger partial charge in [0.2, 0.25) is 0 Å². The molecule has 24 heavy (non-hydrogen) atoms. The zero-order valence-corrected chi connectivity index (χ0v) is 14.4. The highest BCUT2D eigenvalue weighted by molar-refractivity contribution is 5.76. The molecule has 4 nitrogen and oxygen atoms in total. The summed E-state index contributed by atoms with van der Waals surface area (Å²) in [5, 5.41) is 0. The molecule has 126 valence electrons. The standard InChI is InChI=1S/C20H25N3O/c1-3-6-17(21)20-22-18-7-4-5-8-19(18)23(20)13-14-24-16-11-9-15(2)10-12-16/h4-5,7-12,17H,3,6,13-14,21H2,1-2H3. The first-order chi connectivity index (χ1) is 11.7. The van der Waals surface area contributed by atoms with E-state index in [1.165, 1.54) is 5.56 Å². The molecule has 0 radical (unpaired) electrons. The largest absolute Gasteiger partial charge is 0.492 e. The second kappa shape index (κ2) is 7.49. The maximum Gasteiger partial charge on any atom is 0.126 e. The molecule has 2 aromatic carbocycles. The van der Waals surface area contributed by atoms with Gasteiger partial charge in [0.05, 0.1) is 23.6 Å². The molecule has 1 heterocycles. The van der Waals surface area contributed by atoms with Crippen LogP contribution in [-0.2, 0) is 6.54 Å². The third kappa shape index (κ3) is 3.60. The van der Waals surface area contributed by atoms with Crippen LogP contribution in [0.4, 0.5) is 0 Å². The van der Waals surface area contributed by atoms with Crippen molar-refractivity contribution < 1.29 is 4.74 Å². The quantitative estimate of drug-likeness (QED) is 0.708. The Hall–Kier alpha value is -2.33. The predicted octanol–water partition coefficient (Wildman–Crippen LogP) is 4.22. The number of aromatic nitrogens is 2. The highest BCUT2D eigenvalue weighted by Gasteiger charge is 2.16. The van der Waals surface area contributed by atoms with E-state index in [4.69, 9.17) is 15.5 Å². The van der Waals surface area contributed by atoms with Crippen molar-refractivity contribution in [2.75, 3.05) is 6.61 Å². The van der Waals surface area contributed by atoms with Crippen LogP contribution < -0.4 is 10.5 Å². The van der Waals surface area contributed by atoms with E-state index in [0.29, 0.717) is 6.61 Å². The van der Waals surface area contributed by atoms with Crippen LogP contribution in [0.2, 0.25) is 0 Å². The Kier molecular flexibility index (Phi) is 5.16. The van der Waals surface area contributed by atoms with E-state index >= 15 is 0 Å². The normalized spacial score (nSPS) is 12.5. The molecule has 0 saturated carbocycles. The predicted molar refractivity (Wildman–Crippen MR) is 98.2 cm³/mol. The van der Waals surface area contributed by atoms with Crippen molar-refractivity contribution in [3.63, 3.8) is 0 Å². The number of ether oxygens (including phenoxy) is 1. The lowest BCUT2D eigenvalue weighted by Gasteiger charge is -2.15. The highest BCUT2D eigenvalue weighted by Crippen LogP contribution is 2.22. The first-order valence-electron chi connectivity index (χ1n) is 8.59. The summed E-state index contributed by atoms with van der Waals surface area (Å²) >= 11 is 0. The summed E-state index contributed by atoms with van der Waals surface area (Å²) < 4.78 is 8.09. The van der Waals surface area contributed by atoms with E-state index in [2.05, 4.69) is 36.6 Å². The minimum Gasteiger partial charge on any atom is -0.492 e. The highest BCUT2D eigenvalue weighted by atomic mass is 16.5. The molecule has 0 amide bonds. The lowest BCUT2D eigenvalue weighted by molar-refractivity contribution is 0.296. The molecule has 2 N–H and O–H groups in total. The molecule has 0 fully saturated rings. The number of nitrogens with zero attached hydrogens (tertiary/aromatic N) is 2. The summed E-state index contributed by atoms with van der Waals surface area (Å²) in [6.45, 7) is 5.55. The van der Waals surface area contributed by atoms with Gasteiger partial charge in [0.1, 0.15) is 18.2 Å². The second-order valence-corrected chi connectivity index (χ2v) is 6.17. The van der Waals surface area contributed by atoms with Crippen molar-refractivity contribution in [3.05, 3.63) is 59.9 Å². The lowest BCUT2D eigenvalue weighted by atomic mass is 10.2. The number of benzene rings is 2. The van der Waals surface area contributed by atoms with Crippen LogP contribution in [0.25, 0.3) is 11.0 Å². The van der Waals surface area contributed by atoms with Crippen LogP contribution in [-0.4, -0.2) is 16.2 Å². The van der Waals surface area contributed by atoms with E-state index in [1.807, 2.05) is 30.3 Å². The van der Waals surface area contributed by atoms with Crippen molar-refractivity contribution in [1.82, 2.24) is 9.55 Å². The average Bonchev–Trinajstić information content (AvgIpc) is 2.96. The van der Waals surface area contributed by atoms with Gasteiger partial charge in [0.25, 0.3) is 0 Å². The molecule has 3 aromatic rings. The molecule has 0 aliphatic rings. The van der Waals surface area contributed by atoms with Crippen LogP contribution in [0, 0.1) is 6.92 Å². The summed E-state index contributed by atoms with van der Waals surface area (Å²) in [6, 6.07) is 16.3. The van der Waals surface area contributed by atoms with Crippen LogP contribution >= 0.6 is 0 Å². The zero-order valence-electron chi connectivity index (χ0n) is 14.4. The number of rotatable bonds is 7. The third-order valence-corrected chi connectivity index (χ3v) is 4.22. The van der Waals surface area contributed by atoms with E-state index < -0.39 is 0 Å². The molecule has 1 aromatic heterocycles. The Balaban J connectivity index is 1.79. The minimum absolute atomic E-state index is 0.0400. The minimum atomic E-state index is -0.0400. The summed E-state index contributed by atoms with van der Waals surface area (Å²) in [6.07, 6.45) is 1.98. The molecular weight excluding hydrogens is 298 g/mol.